The van der Waals surface area contributed by atoms with Crippen LogP contribution in [0.5, 0.6) is 0 Å². The van der Waals surface area contributed by atoms with Crippen molar-refractivity contribution in [2.24, 2.45) is 0 Å². The van der Waals surface area contributed by atoms with E-state index >= 15 is 0 Å². The summed E-state index contributed by atoms with van der Waals surface area (Å²) in [5, 5.41) is 4.14. The fourth-order valence-corrected chi connectivity index (χ4v) is 3.80. The minimum Gasteiger partial charge on any atom is -0.335 e. The number of halogens is 3. The lowest BCUT2D eigenvalue weighted by Gasteiger charge is -2.09. The standard InChI is InChI=1S/C17H14F3N7O2S/c1-3-30(28,29)12-4-5-14(27-8-22-9(2)26-27)25-15(12)16-23-10-6-13(17(18,19)20)21-7-11(10)24-16/h4-8H,3H2,1-2H3,(H,23,24). The first-order chi connectivity index (χ1) is 14.1. The number of sulfone groups is 1. The molecule has 4 aromatic rings. The zero-order chi connectivity index (χ0) is 21.7. The third kappa shape index (κ3) is 3.51. The lowest BCUT2D eigenvalue weighted by molar-refractivity contribution is -0.141. The lowest BCUT2D eigenvalue weighted by atomic mass is 10.3. The van der Waals surface area contributed by atoms with Crippen LogP contribution in [0.3, 0.4) is 0 Å². The Kier molecular flexibility index (Phi) is 4.56. The number of H-pyrrole nitrogens is 1. The summed E-state index contributed by atoms with van der Waals surface area (Å²) >= 11 is 0. The Bertz CT molecular complexity index is 1360. The van der Waals surface area contributed by atoms with Gasteiger partial charge in [-0.15, -0.1) is 0 Å². The summed E-state index contributed by atoms with van der Waals surface area (Å²) < 4.78 is 65.3. The number of aromatic nitrogens is 7. The van der Waals surface area contributed by atoms with Gasteiger partial charge in [-0.05, 0) is 25.1 Å². The summed E-state index contributed by atoms with van der Waals surface area (Å²) in [5.74, 6) is 0.564. The number of aromatic amines is 1. The molecule has 0 radical (unpaired) electrons. The number of pyridine rings is 2. The summed E-state index contributed by atoms with van der Waals surface area (Å²) in [5.41, 5.74) is -0.945. The van der Waals surface area contributed by atoms with Crippen molar-refractivity contribution in [3.63, 3.8) is 0 Å². The number of hydrogen-bond donors (Lipinski definition) is 1. The molecule has 30 heavy (non-hydrogen) atoms. The summed E-state index contributed by atoms with van der Waals surface area (Å²) in [6, 6.07) is 3.61. The smallest absolute Gasteiger partial charge is 0.335 e. The maximum Gasteiger partial charge on any atom is 0.433 e. The van der Waals surface area contributed by atoms with Gasteiger partial charge in [-0.3, -0.25) is 0 Å². The normalized spacial score (nSPS) is 12.6. The molecule has 1 N–H and O–H groups in total. The van der Waals surface area contributed by atoms with Crippen molar-refractivity contribution in [3.8, 4) is 17.3 Å². The first-order valence-corrected chi connectivity index (χ1v) is 10.3. The van der Waals surface area contributed by atoms with E-state index in [0.29, 0.717) is 5.82 Å². The van der Waals surface area contributed by atoms with E-state index in [1.165, 1.54) is 30.1 Å². The molecule has 0 aliphatic carbocycles. The van der Waals surface area contributed by atoms with Gasteiger partial charge < -0.3 is 4.98 Å². The van der Waals surface area contributed by atoms with Gasteiger partial charge in [-0.2, -0.15) is 18.3 Å². The molecule has 0 aliphatic rings. The zero-order valence-electron chi connectivity index (χ0n) is 15.6. The average molecular weight is 437 g/mol. The van der Waals surface area contributed by atoms with Gasteiger partial charge in [-0.1, -0.05) is 6.92 Å². The molecule has 0 atom stereocenters. The van der Waals surface area contributed by atoms with Gasteiger partial charge in [0.15, 0.2) is 21.5 Å². The van der Waals surface area contributed by atoms with E-state index in [0.717, 1.165) is 12.3 Å². The summed E-state index contributed by atoms with van der Waals surface area (Å²) in [6.07, 6.45) is -2.23. The van der Waals surface area contributed by atoms with E-state index in [4.69, 9.17) is 0 Å². The molecule has 0 spiro atoms. The van der Waals surface area contributed by atoms with Crippen molar-refractivity contribution in [2.45, 2.75) is 24.9 Å². The molecular weight excluding hydrogens is 423 g/mol. The highest BCUT2D eigenvalue weighted by Crippen LogP contribution is 2.31. The van der Waals surface area contributed by atoms with Crippen LogP contribution in [0.4, 0.5) is 13.2 Å². The zero-order valence-corrected chi connectivity index (χ0v) is 16.5. The predicted molar refractivity (Wildman–Crippen MR) is 99.5 cm³/mol. The number of rotatable bonds is 4. The molecule has 4 aromatic heterocycles. The quantitative estimate of drug-likeness (QED) is 0.521. The number of imidazole rings is 1. The van der Waals surface area contributed by atoms with Gasteiger partial charge in [0.1, 0.15) is 23.5 Å². The summed E-state index contributed by atoms with van der Waals surface area (Å²) in [4.78, 5) is 18.6. The van der Waals surface area contributed by atoms with Gasteiger partial charge in [0.05, 0.1) is 27.9 Å². The Labute approximate surface area is 168 Å². The van der Waals surface area contributed by atoms with Crippen LogP contribution in [-0.4, -0.2) is 48.9 Å². The molecule has 4 heterocycles. The Hall–Kier alpha value is -3.35. The van der Waals surface area contributed by atoms with Crippen LogP contribution in [0, 0.1) is 6.92 Å². The predicted octanol–water partition coefficient (Wildman–Crippen LogP) is 2.72. The maximum atomic E-state index is 12.9. The number of aryl methyl sites for hydroxylation is 1. The fraction of sp³-hybridized carbons (Fsp3) is 0.235. The van der Waals surface area contributed by atoms with Crippen molar-refractivity contribution in [2.75, 3.05) is 5.75 Å². The lowest BCUT2D eigenvalue weighted by Crippen LogP contribution is -2.09. The molecule has 9 nitrogen and oxygen atoms in total. The SMILES string of the molecule is CCS(=O)(=O)c1ccc(-n2cnc(C)n2)nc1-c1nc2cc(C(F)(F)F)ncc2[nH]1. The van der Waals surface area contributed by atoms with Crippen molar-refractivity contribution < 1.29 is 21.6 Å². The number of alkyl halides is 3. The van der Waals surface area contributed by atoms with E-state index in [9.17, 15) is 21.6 Å². The molecule has 0 aliphatic heterocycles. The van der Waals surface area contributed by atoms with Crippen molar-refractivity contribution in [3.05, 3.63) is 42.2 Å². The summed E-state index contributed by atoms with van der Waals surface area (Å²) in [6.45, 7) is 3.16. The summed E-state index contributed by atoms with van der Waals surface area (Å²) in [7, 11) is -3.70. The van der Waals surface area contributed by atoms with E-state index in [1.807, 2.05) is 0 Å². The number of nitrogens with one attached hydrogen (secondary N) is 1. The second-order valence-electron chi connectivity index (χ2n) is 6.33. The minimum atomic E-state index is -4.63. The van der Waals surface area contributed by atoms with Gasteiger partial charge >= 0.3 is 6.18 Å². The number of nitrogens with zero attached hydrogens (tertiary/aromatic N) is 6. The molecule has 156 valence electrons. The average Bonchev–Trinajstić information content (AvgIpc) is 3.32. The Morgan fingerprint density at radius 3 is 2.57 bits per heavy atom. The van der Waals surface area contributed by atoms with E-state index in [-0.39, 0.29) is 39.0 Å². The molecule has 0 unspecified atom stereocenters. The molecule has 0 saturated carbocycles. The molecule has 4 rings (SSSR count). The van der Waals surface area contributed by atoms with Crippen LogP contribution >= 0.6 is 0 Å². The molecule has 13 heteroatoms. The van der Waals surface area contributed by atoms with Crippen LogP contribution in [0.25, 0.3) is 28.4 Å². The second-order valence-corrected chi connectivity index (χ2v) is 8.57. The largest absolute Gasteiger partial charge is 0.433 e. The van der Waals surface area contributed by atoms with Crippen molar-refractivity contribution in [1.29, 1.82) is 0 Å². The highest BCUT2D eigenvalue weighted by atomic mass is 32.2. The van der Waals surface area contributed by atoms with E-state index in [2.05, 4.69) is 30.0 Å². The van der Waals surface area contributed by atoms with Gasteiger partial charge in [-0.25, -0.2) is 33.0 Å². The van der Waals surface area contributed by atoms with Crippen LogP contribution in [0.2, 0.25) is 0 Å². The molecular formula is C17H14F3N7O2S. The Morgan fingerprint density at radius 1 is 1.17 bits per heavy atom. The molecule has 0 fully saturated rings. The molecule has 0 bridgehead atoms. The first kappa shape index (κ1) is 19.9. The van der Waals surface area contributed by atoms with Crippen LogP contribution in [0.1, 0.15) is 18.4 Å². The fourth-order valence-electron chi connectivity index (χ4n) is 2.77. The van der Waals surface area contributed by atoms with Crippen LogP contribution in [-0.2, 0) is 16.0 Å². The van der Waals surface area contributed by atoms with Gasteiger partial charge in [0.2, 0.25) is 0 Å². The van der Waals surface area contributed by atoms with Gasteiger partial charge in [0, 0.05) is 0 Å². The maximum absolute atomic E-state index is 12.9. The number of fused-ring (bicyclic) bond motifs is 1. The van der Waals surface area contributed by atoms with E-state index < -0.39 is 21.7 Å². The highest BCUT2D eigenvalue weighted by molar-refractivity contribution is 7.91. The van der Waals surface area contributed by atoms with Crippen LogP contribution in [0.15, 0.2) is 35.6 Å². The molecule has 0 saturated heterocycles. The Balaban J connectivity index is 1.93. The molecule has 0 amide bonds. The second kappa shape index (κ2) is 6.86. The monoisotopic (exact) mass is 437 g/mol. The topological polar surface area (TPSA) is 119 Å². The van der Waals surface area contributed by atoms with Gasteiger partial charge in [0.25, 0.3) is 0 Å². The van der Waals surface area contributed by atoms with Crippen molar-refractivity contribution in [1.82, 2.24) is 34.7 Å². The third-order valence-electron chi connectivity index (χ3n) is 4.28. The van der Waals surface area contributed by atoms with E-state index in [1.54, 1.807) is 6.92 Å². The third-order valence-corrected chi connectivity index (χ3v) is 6.04. The first-order valence-electron chi connectivity index (χ1n) is 8.64. The van der Waals surface area contributed by atoms with Crippen molar-refractivity contribution >= 4 is 20.9 Å². The molecule has 0 aromatic carbocycles. The van der Waals surface area contributed by atoms with Crippen LogP contribution < -0.4 is 0 Å². The number of hydrogen-bond acceptors (Lipinski definition) is 7. The highest BCUT2D eigenvalue weighted by Gasteiger charge is 2.33. The Morgan fingerprint density at radius 2 is 1.93 bits per heavy atom. The minimum absolute atomic E-state index is 0.00293.